The number of anilines is 1. The first kappa shape index (κ1) is 13.9. The van der Waals surface area contributed by atoms with E-state index in [1.54, 1.807) is 18.2 Å². The number of carbonyl (C=O) groups is 1. The number of aryl methyl sites for hydroxylation is 1. The molecule has 0 fully saturated rings. The van der Waals surface area contributed by atoms with Gasteiger partial charge in [0.05, 0.1) is 11.4 Å². The third-order valence-electron chi connectivity index (χ3n) is 4.38. The zero-order valence-electron chi connectivity index (χ0n) is 12.5. The first-order chi connectivity index (χ1) is 11.2. The molecule has 4 nitrogen and oxygen atoms in total. The fourth-order valence-electron chi connectivity index (χ4n) is 3.18. The third-order valence-corrected chi connectivity index (χ3v) is 4.38. The van der Waals surface area contributed by atoms with Crippen LogP contribution in [0.25, 0.3) is 5.65 Å². The van der Waals surface area contributed by atoms with E-state index in [2.05, 4.69) is 10.3 Å². The van der Waals surface area contributed by atoms with Gasteiger partial charge in [-0.15, -0.1) is 0 Å². The molecular weight excluding hydrogens is 293 g/mol. The lowest BCUT2D eigenvalue weighted by Gasteiger charge is -2.21. The van der Waals surface area contributed by atoms with Gasteiger partial charge < -0.3 is 9.72 Å². The van der Waals surface area contributed by atoms with E-state index in [0.717, 1.165) is 29.9 Å². The zero-order valence-corrected chi connectivity index (χ0v) is 12.5. The van der Waals surface area contributed by atoms with Crippen LogP contribution in [0.2, 0.25) is 0 Å². The Morgan fingerprint density at radius 3 is 2.91 bits per heavy atom. The highest BCUT2D eigenvalue weighted by Crippen LogP contribution is 2.27. The number of halogens is 1. The summed E-state index contributed by atoms with van der Waals surface area (Å²) in [6.45, 7) is 0. The van der Waals surface area contributed by atoms with E-state index in [1.807, 2.05) is 28.8 Å². The SMILES string of the molecule is O=C(Nc1ccccc1F)C1CCc2nc3ccccn3c2C1. The van der Waals surface area contributed by atoms with Crippen LogP contribution < -0.4 is 5.32 Å². The number of benzene rings is 1. The van der Waals surface area contributed by atoms with Crippen molar-refractivity contribution in [3.05, 3.63) is 65.9 Å². The molecule has 4 rings (SSSR count). The molecule has 1 aromatic carbocycles. The summed E-state index contributed by atoms with van der Waals surface area (Å²) in [7, 11) is 0. The van der Waals surface area contributed by atoms with Gasteiger partial charge in [-0.05, 0) is 37.1 Å². The molecule has 0 aliphatic heterocycles. The molecule has 1 atom stereocenters. The summed E-state index contributed by atoms with van der Waals surface area (Å²) >= 11 is 0. The van der Waals surface area contributed by atoms with Crippen molar-refractivity contribution < 1.29 is 9.18 Å². The minimum atomic E-state index is -0.410. The van der Waals surface area contributed by atoms with Gasteiger partial charge >= 0.3 is 0 Å². The van der Waals surface area contributed by atoms with E-state index >= 15 is 0 Å². The normalized spacial score (nSPS) is 17.0. The first-order valence-corrected chi connectivity index (χ1v) is 7.72. The Morgan fingerprint density at radius 2 is 2.04 bits per heavy atom. The monoisotopic (exact) mass is 309 g/mol. The number of fused-ring (bicyclic) bond motifs is 3. The first-order valence-electron chi connectivity index (χ1n) is 7.72. The summed E-state index contributed by atoms with van der Waals surface area (Å²) in [5.74, 6) is -0.707. The van der Waals surface area contributed by atoms with E-state index in [1.165, 1.54) is 6.07 Å². The van der Waals surface area contributed by atoms with Crippen LogP contribution in [-0.4, -0.2) is 15.3 Å². The van der Waals surface area contributed by atoms with E-state index < -0.39 is 5.82 Å². The molecule has 1 unspecified atom stereocenters. The van der Waals surface area contributed by atoms with Gasteiger partial charge in [0.25, 0.3) is 0 Å². The van der Waals surface area contributed by atoms with Crippen LogP contribution in [0.15, 0.2) is 48.7 Å². The lowest BCUT2D eigenvalue weighted by Crippen LogP contribution is -2.29. The second-order valence-corrected chi connectivity index (χ2v) is 5.84. The summed E-state index contributed by atoms with van der Waals surface area (Å²) in [6, 6.07) is 12.1. The van der Waals surface area contributed by atoms with Crippen LogP contribution >= 0.6 is 0 Å². The van der Waals surface area contributed by atoms with Crippen LogP contribution in [0.4, 0.5) is 10.1 Å². The number of hydrogen-bond donors (Lipinski definition) is 1. The molecule has 2 heterocycles. The predicted molar refractivity (Wildman–Crippen MR) is 85.7 cm³/mol. The lowest BCUT2D eigenvalue weighted by molar-refractivity contribution is -0.120. The Morgan fingerprint density at radius 1 is 1.22 bits per heavy atom. The van der Waals surface area contributed by atoms with Gasteiger partial charge in [0.15, 0.2) is 0 Å². The Kier molecular flexibility index (Phi) is 3.33. The van der Waals surface area contributed by atoms with Crippen molar-refractivity contribution in [2.45, 2.75) is 19.3 Å². The molecule has 0 spiro atoms. The molecule has 2 aromatic heterocycles. The number of hydrogen-bond acceptors (Lipinski definition) is 2. The summed E-state index contributed by atoms with van der Waals surface area (Å²) in [4.78, 5) is 17.1. The van der Waals surface area contributed by atoms with Gasteiger partial charge in [0, 0.05) is 24.2 Å². The molecule has 0 saturated carbocycles. The van der Waals surface area contributed by atoms with Gasteiger partial charge in [-0.3, -0.25) is 4.79 Å². The van der Waals surface area contributed by atoms with Crippen molar-refractivity contribution in [2.24, 2.45) is 5.92 Å². The van der Waals surface area contributed by atoms with Gasteiger partial charge in [-0.2, -0.15) is 0 Å². The summed E-state index contributed by atoms with van der Waals surface area (Å²) in [6.07, 6.45) is 4.10. The number of aromatic nitrogens is 2. The quantitative estimate of drug-likeness (QED) is 0.790. The number of rotatable bonds is 2. The fraction of sp³-hybridized carbons (Fsp3) is 0.222. The number of amides is 1. The summed E-state index contributed by atoms with van der Waals surface area (Å²) in [5.41, 5.74) is 3.29. The maximum atomic E-state index is 13.7. The molecule has 3 aromatic rings. The van der Waals surface area contributed by atoms with Crippen LogP contribution in [0.1, 0.15) is 17.8 Å². The summed E-state index contributed by atoms with van der Waals surface area (Å²) in [5, 5.41) is 2.71. The molecule has 1 aliphatic carbocycles. The minimum absolute atomic E-state index is 0.133. The average Bonchev–Trinajstić information content (AvgIpc) is 2.94. The van der Waals surface area contributed by atoms with E-state index in [0.29, 0.717) is 6.42 Å². The minimum Gasteiger partial charge on any atom is -0.323 e. The number of carbonyl (C=O) groups excluding carboxylic acids is 1. The second kappa shape index (κ2) is 5.50. The smallest absolute Gasteiger partial charge is 0.227 e. The van der Waals surface area contributed by atoms with Crippen molar-refractivity contribution in [3.63, 3.8) is 0 Å². The molecule has 0 bridgehead atoms. The molecule has 0 radical (unpaired) electrons. The molecule has 1 amide bonds. The number of para-hydroxylation sites is 1. The number of pyridine rings is 1. The summed E-state index contributed by atoms with van der Waals surface area (Å²) < 4.78 is 15.7. The second-order valence-electron chi connectivity index (χ2n) is 5.84. The molecule has 23 heavy (non-hydrogen) atoms. The fourth-order valence-corrected chi connectivity index (χ4v) is 3.18. The number of nitrogens with zero attached hydrogens (tertiary/aromatic N) is 2. The molecular formula is C18H16FN3O. The molecule has 116 valence electrons. The highest BCUT2D eigenvalue weighted by Gasteiger charge is 2.28. The van der Waals surface area contributed by atoms with Crippen molar-refractivity contribution in [3.8, 4) is 0 Å². The average molecular weight is 309 g/mol. The van der Waals surface area contributed by atoms with Crippen LogP contribution in [0.5, 0.6) is 0 Å². The van der Waals surface area contributed by atoms with Crippen molar-refractivity contribution in [2.75, 3.05) is 5.32 Å². The van der Waals surface area contributed by atoms with Crippen LogP contribution in [0.3, 0.4) is 0 Å². The molecule has 5 heteroatoms. The Bertz CT molecular complexity index is 887. The van der Waals surface area contributed by atoms with Crippen molar-refractivity contribution in [1.29, 1.82) is 0 Å². The van der Waals surface area contributed by atoms with E-state index in [4.69, 9.17) is 0 Å². The van der Waals surface area contributed by atoms with Gasteiger partial charge in [0.1, 0.15) is 11.5 Å². The van der Waals surface area contributed by atoms with Crippen LogP contribution in [-0.2, 0) is 17.6 Å². The Labute approximate surface area is 133 Å². The number of imidazole rings is 1. The van der Waals surface area contributed by atoms with E-state index in [-0.39, 0.29) is 17.5 Å². The van der Waals surface area contributed by atoms with Crippen molar-refractivity contribution >= 4 is 17.2 Å². The molecule has 0 saturated heterocycles. The van der Waals surface area contributed by atoms with Crippen LogP contribution in [0, 0.1) is 11.7 Å². The number of nitrogens with one attached hydrogen (secondary N) is 1. The molecule has 1 N–H and O–H groups in total. The van der Waals surface area contributed by atoms with Gasteiger partial charge in [-0.1, -0.05) is 18.2 Å². The maximum Gasteiger partial charge on any atom is 0.227 e. The molecule has 1 aliphatic rings. The van der Waals surface area contributed by atoms with Gasteiger partial charge in [-0.25, -0.2) is 9.37 Å². The third kappa shape index (κ3) is 2.48. The topological polar surface area (TPSA) is 46.4 Å². The standard InChI is InChI=1S/C18H16FN3O/c19-13-5-1-2-6-14(13)21-18(23)12-8-9-15-16(11-12)22-10-4-3-7-17(22)20-15/h1-7,10,12H,8-9,11H2,(H,21,23). The lowest BCUT2D eigenvalue weighted by atomic mass is 9.89. The highest BCUT2D eigenvalue weighted by molar-refractivity contribution is 5.93. The Balaban J connectivity index is 1.58. The van der Waals surface area contributed by atoms with Gasteiger partial charge in [0.2, 0.25) is 5.91 Å². The predicted octanol–water partition coefficient (Wildman–Crippen LogP) is 3.22. The largest absolute Gasteiger partial charge is 0.323 e. The van der Waals surface area contributed by atoms with E-state index in [9.17, 15) is 9.18 Å². The maximum absolute atomic E-state index is 13.7. The van der Waals surface area contributed by atoms with Crippen molar-refractivity contribution in [1.82, 2.24) is 9.38 Å². The Hall–Kier alpha value is -2.69. The zero-order chi connectivity index (χ0) is 15.8. The highest BCUT2D eigenvalue weighted by atomic mass is 19.1.